The van der Waals surface area contributed by atoms with Crippen LogP contribution in [0.5, 0.6) is 0 Å². The molecule has 3 heteroatoms. The molecular formula is C18H24N2O. The summed E-state index contributed by atoms with van der Waals surface area (Å²) in [7, 11) is 0. The minimum atomic E-state index is 0.263. The van der Waals surface area contributed by atoms with Crippen LogP contribution in [0.3, 0.4) is 0 Å². The van der Waals surface area contributed by atoms with E-state index in [2.05, 4.69) is 36.1 Å². The van der Waals surface area contributed by atoms with Gasteiger partial charge in [0.25, 0.3) is 0 Å². The molecule has 0 amide bonds. The fourth-order valence-corrected chi connectivity index (χ4v) is 2.66. The Morgan fingerprint density at radius 2 is 2.00 bits per heavy atom. The first kappa shape index (κ1) is 14.2. The van der Waals surface area contributed by atoms with Gasteiger partial charge in [-0.25, -0.2) is 0 Å². The van der Waals surface area contributed by atoms with Crippen LogP contribution in [0.4, 0.5) is 5.69 Å². The molecule has 1 unspecified atom stereocenters. The molecule has 2 aromatic rings. The van der Waals surface area contributed by atoms with E-state index in [1.807, 2.05) is 12.1 Å². The Morgan fingerprint density at radius 1 is 1.24 bits per heavy atom. The molecule has 0 aliphatic heterocycles. The van der Waals surface area contributed by atoms with Crippen LogP contribution in [0.2, 0.25) is 0 Å². The largest absolute Gasteiger partial charge is 0.467 e. The third-order valence-electron chi connectivity index (χ3n) is 4.18. The summed E-state index contributed by atoms with van der Waals surface area (Å²) < 4.78 is 5.50. The molecule has 112 valence electrons. The molecule has 1 aliphatic rings. The van der Waals surface area contributed by atoms with Crippen molar-refractivity contribution in [2.45, 2.75) is 51.2 Å². The molecule has 2 N–H and O–H groups in total. The molecule has 0 radical (unpaired) electrons. The number of hydrogen-bond acceptors (Lipinski definition) is 3. The van der Waals surface area contributed by atoms with E-state index in [1.165, 1.54) is 24.1 Å². The molecule has 0 bridgehead atoms. The summed E-state index contributed by atoms with van der Waals surface area (Å²) in [5, 5.41) is 0. The molecule has 1 aromatic heterocycles. The predicted octanol–water partition coefficient (Wildman–Crippen LogP) is 3.73. The van der Waals surface area contributed by atoms with Crippen molar-refractivity contribution in [3.05, 3.63) is 54.0 Å². The molecule has 0 saturated heterocycles. The van der Waals surface area contributed by atoms with Crippen molar-refractivity contribution in [1.82, 2.24) is 0 Å². The summed E-state index contributed by atoms with van der Waals surface area (Å²) in [4.78, 5) is 2.45. The Labute approximate surface area is 126 Å². The molecule has 1 saturated carbocycles. The Kier molecular flexibility index (Phi) is 4.30. The summed E-state index contributed by atoms with van der Waals surface area (Å²) in [6.45, 7) is 2.99. The minimum absolute atomic E-state index is 0.263. The van der Waals surface area contributed by atoms with E-state index < -0.39 is 0 Å². The summed E-state index contributed by atoms with van der Waals surface area (Å²) in [5.41, 5.74) is 8.63. The number of nitrogens with two attached hydrogens (primary N) is 1. The average Bonchev–Trinajstić information content (AvgIpc) is 3.22. The van der Waals surface area contributed by atoms with Crippen molar-refractivity contribution in [1.29, 1.82) is 0 Å². The molecule has 3 rings (SSSR count). The van der Waals surface area contributed by atoms with Crippen molar-refractivity contribution in [3.8, 4) is 0 Å². The van der Waals surface area contributed by atoms with Gasteiger partial charge in [0.2, 0.25) is 0 Å². The van der Waals surface area contributed by atoms with Crippen LogP contribution < -0.4 is 10.6 Å². The van der Waals surface area contributed by atoms with Gasteiger partial charge < -0.3 is 15.1 Å². The van der Waals surface area contributed by atoms with Gasteiger partial charge in [0.15, 0.2) is 0 Å². The number of anilines is 1. The van der Waals surface area contributed by atoms with E-state index in [1.54, 1.807) is 6.26 Å². The van der Waals surface area contributed by atoms with Gasteiger partial charge in [0, 0.05) is 17.8 Å². The van der Waals surface area contributed by atoms with Crippen molar-refractivity contribution < 1.29 is 4.42 Å². The quantitative estimate of drug-likeness (QED) is 0.842. The first-order valence-electron chi connectivity index (χ1n) is 7.90. The second-order valence-electron chi connectivity index (χ2n) is 5.98. The van der Waals surface area contributed by atoms with Crippen LogP contribution in [0.25, 0.3) is 0 Å². The van der Waals surface area contributed by atoms with Gasteiger partial charge in [0.05, 0.1) is 12.8 Å². The highest BCUT2D eigenvalue weighted by atomic mass is 16.3. The highest BCUT2D eigenvalue weighted by Crippen LogP contribution is 2.33. The van der Waals surface area contributed by atoms with E-state index in [0.717, 1.165) is 25.1 Å². The van der Waals surface area contributed by atoms with Crippen LogP contribution >= 0.6 is 0 Å². The van der Waals surface area contributed by atoms with Crippen LogP contribution in [0.15, 0.2) is 47.1 Å². The lowest BCUT2D eigenvalue weighted by molar-refractivity contribution is 0.501. The fraction of sp³-hybridized carbons (Fsp3) is 0.444. The van der Waals surface area contributed by atoms with E-state index >= 15 is 0 Å². The maximum atomic E-state index is 6.03. The van der Waals surface area contributed by atoms with Crippen molar-refractivity contribution >= 4 is 5.69 Å². The normalized spacial score (nSPS) is 15.9. The Hall–Kier alpha value is -1.74. The van der Waals surface area contributed by atoms with Crippen molar-refractivity contribution in [2.75, 3.05) is 4.90 Å². The highest BCUT2D eigenvalue weighted by molar-refractivity contribution is 5.50. The lowest BCUT2D eigenvalue weighted by Crippen LogP contribution is -2.25. The summed E-state index contributed by atoms with van der Waals surface area (Å²) in [5.74, 6) is 1.03. The first-order valence-corrected chi connectivity index (χ1v) is 7.90. The summed E-state index contributed by atoms with van der Waals surface area (Å²) in [6.07, 6.45) is 6.29. The molecule has 21 heavy (non-hydrogen) atoms. The van der Waals surface area contributed by atoms with Gasteiger partial charge in [-0.1, -0.05) is 19.1 Å². The summed E-state index contributed by atoms with van der Waals surface area (Å²) in [6, 6.07) is 13.8. The van der Waals surface area contributed by atoms with Crippen LogP contribution in [0, 0.1) is 0 Å². The van der Waals surface area contributed by atoms with Gasteiger partial charge in [-0.15, -0.1) is 0 Å². The van der Waals surface area contributed by atoms with Crippen LogP contribution in [0.1, 0.15) is 37.5 Å². The predicted molar refractivity (Wildman–Crippen MR) is 86.3 cm³/mol. The second-order valence-corrected chi connectivity index (χ2v) is 5.98. The molecule has 1 heterocycles. The molecule has 1 aromatic carbocycles. The molecule has 0 spiro atoms. The maximum Gasteiger partial charge on any atom is 0.123 e. The van der Waals surface area contributed by atoms with Gasteiger partial charge in [-0.3, -0.25) is 0 Å². The Morgan fingerprint density at radius 3 is 2.57 bits per heavy atom. The zero-order valence-electron chi connectivity index (χ0n) is 12.7. The lowest BCUT2D eigenvalue weighted by Gasteiger charge is -2.24. The van der Waals surface area contributed by atoms with E-state index in [-0.39, 0.29) is 6.04 Å². The topological polar surface area (TPSA) is 42.4 Å². The Bertz CT molecular complexity index is 543. The molecule has 3 nitrogen and oxygen atoms in total. The zero-order valence-corrected chi connectivity index (χ0v) is 12.7. The molecule has 1 atom stereocenters. The minimum Gasteiger partial charge on any atom is -0.467 e. The monoisotopic (exact) mass is 284 g/mol. The van der Waals surface area contributed by atoms with Gasteiger partial charge in [-0.2, -0.15) is 0 Å². The van der Waals surface area contributed by atoms with Gasteiger partial charge in [-0.05, 0) is 55.5 Å². The number of benzene rings is 1. The smallest absolute Gasteiger partial charge is 0.123 e. The van der Waals surface area contributed by atoms with Crippen molar-refractivity contribution in [3.63, 3.8) is 0 Å². The van der Waals surface area contributed by atoms with E-state index in [4.69, 9.17) is 10.2 Å². The third-order valence-corrected chi connectivity index (χ3v) is 4.18. The van der Waals surface area contributed by atoms with Gasteiger partial charge >= 0.3 is 0 Å². The van der Waals surface area contributed by atoms with E-state index in [0.29, 0.717) is 6.04 Å². The Balaban J connectivity index is 1.71. The number of rotatable bonds is 7. The third kappa shape index (κ3) is 3.67. The fourth-order valence-electron chi connectivity index (χ4n) is 2.66. The number of hydrogen-bond donors (Lipinski definition) is 1. The number of nitrogens with zero attached hydrogens (tertiary/aromatic N) is 1. The first-order chi connectivity index (χ1) is 10.3. The lowest BCUT2D eigenvalue weighted by atomic mass is 10.0. The second kappa shape index (κ2) is 6.35. The van der Waals surface area contributed by atoms with E-state index in [9.17, 15) is 0 Å². The average molecular weight is 284 g/mol. The molecular weight excluding hydrogens is 260 g/mol. The highest BCUT2D eigenvalue weighted by Gasteiger charge is 2.29. The van der Waals surface area contributed by atoms with Crippen LogP contribution in [-0.2, 0) is 13.0 Å². The van der Waals surface area contributed by atoms with Gasteiger partial charge in [0.1, 0.15) is 5.76 Å². The standard InChI is InChI=1S/C18H24N2O/c1-2-15(19)12-14-5-7-16(8-6-14)20(17-9-10-17)13-18-4-3-11-21-18/h3-8,11,15,17H,2,9-10,12-13,19H2,1H3. The zero-order chi connectivity index (χ0) is 14.7. The maximum absolute atomic E-state index is 6.03. The van der Waals surface area contributed by atoms with Crippen LogP contribution in [-0.4, -0.2) is 12.1 Å². The summed E-state index contributed by atoms with van der Waals surface area (Å²) >= 11 is 0. The number of furan rings is 1. The van der Waals surface area contributed by atoms with Crippen molar-refractivity contribution in [2.24, 2.45) is 5.73 Å². The molecule has 1 fully saturated rings. The molecule has 1 aliphatic carbocycles. The SMILES string of the molecule is CCC(N)Cc1ccc(N(Cc2ccco2)C2CC2)cc1.